The molecule has 0 bridgehead atoms. The summed E-state index contributed by atoms with van der Waals surface area (Å²) in [7, 11) is 1.56. The molecule has 1 atom stereocenters. The van der Waals surface area contributed by atoms with E-state index in [1.54, 1.807) is 17.9 Å². The van der Waals surface area contributed by atoms with Crippen molar-refractivity contribution in [2.75, 3.05) is 7.11 Å². The first kappa shape index (κ1) is 18.0. The number of aliphatic hydroxyl groups excluding tert-OH is 1. The summed E-state index contributed by atoms with van der Waals surface area (Å²) in [5.74, 6) is 0. The summed E-state index contributed by atoms with van der Waals surface area (Å²) >= 11 is 2.66. The summed E-state index contributed by atoms with van der Waals surface area (Å²) in [6.07, 6.45) is 1.45. The summed E-state index contributed by atoms with van der Waals surface area (Å²) in [5, 5.41) is 13.4. The van der Waals surface area contributed by atoms with Crippen molar-refractivity contribution in [3.05, 3.63) is 68.9 Å². The van der Waals surface area contributed by atoms with Crippen LogP contribution in [-0.2, 0) is 17.9 Å². The van der Waals surface area contributed by atoms with E-state index in [-0.39, 0.29) is 11.6 Å². The summed E-state index contributed by atoms with van der Waals surface area (Å²) < 4.78 is 7.49. The second-order valence-corrected chi connectivity index (χ2v) is 7.87. The van der Waals surface area contributed by atoms with Gasteiger partial charge in [-0.25, -0.2) is 4.98 Å². The molecule has 27 heavy (non-hydrogen) atoms. The van der Waals surface area contributed by atoms with Gasteiger partial charge >= 0.3 is 4.87 Å². The zero-order valence-electron chi connectivity index (χ0n) is 14.5. The van der Waals surface area contributed by atoms with Crippen molar-refractivity contribution in [3.63, 3.8) is 0 Å². The highest BCUT2D eigenvalue weighted by Gasteiger charge is 2.15. The first-order chi connectivity index (χ1) is 13.2. The highest BCUT2D eigenvalue weighted by Crippen LogP contribution is 2.27. The first-order valence-corrected chi connectivity index (χ1v) is 10.0. The number of hydrogen-bond acceptors (Lipinski definition) is 7. The lowest BCUT2D eigenvalue weighted by atomic mass is 10.1. The maximum absolute atomic E-state index is 12.1. The van der Waals surface area contributed by atoms with Crippen LogP contribution in [0.2, 0.25) is 0 Å². The van der Waals surface area contributed by atoms with Crippen LogP contribution in [0.1, 0.15) is 17.4 Å². The van der Waals surface area contributed by atoms with Gasteiger partial charge in [0, 0.05) is 25.1 Å². The van der Waals surface area contributed by atoms with Crippen LogP contribution in [0.25, 0.3) is 20.9 Å². The fourth-order valence-electron chi connectivity index (χ4n) is 2.87. The molecule has 0 amide bonds. The van der Waals surface area contributed by atoms with Gasteiger partial charge in [0.05, 0.1) is 27.7 Å². The molecule has 4 rings (SSSR count). The highest BCUT2D eigenvalue weighted by molar-refractivity contribution is 7.16. The Balaban J connectivity index is 1.55. The third-order valence-corrected chi connectivity index (χ3v) is 6.03. The molecule has 0 spiro atoms. The molecule has 0 saturated heterocycles. The SMILES string of the molecule is COCn1c(=O)sc2cc(C(O)Cc3csc(-c4ccccn4)n3)ccc21. The summed E-state index contributed by atoms with van der Waals surface area (Å²) in [4.78, 5) is 20.9. The van der Waals surface area contributed by atoms with E-state index in [1.807, 2.05) is 41.8 Å². The molecule has 0 aliphatic rings. The molecular weight excluding hydrogens is 382 g/mol. The van der Waals surface area contributed by atoms with E-state index in [1.165, 1.54) is 11.3 Å². The Morgan fingerprint density at radius 3 is 2.96 bits per heavy atom. The average molecular weight is 399 g/mol. The minimum absolute atomic E-state index is 0.0713. The van der Waals surface area contributed by atoms with Gasteiger partial charge in [-0.1, -0.05) is 23.5 Å². The van der Waals surface area contributed by atoms with Gasteiger partial charge in [-0.15, -0.1) is 11.3 Å². The van der Waals surface area contributed by atoms with Crippen LogP contribution in [-0.4, -0.2) is 26.8 Å². The number of benzene rings is 1. The Morgan fingerprint density at radius 2 is 2.19 bits per heavy atom. The molecule has 0 aliphatic carbocycles. The molecule has 1 N–H and O–H groups in total. The van der Waals surface area contributed by atoms with E-state index >= 15 is 0 Å². The van der Waals surface area contributed by atoms with Crippen LogP contribution in [0.3, 0.4) is 0 Å². The molecule has 0 fully saturated rings. The van der Waals surface area contributed by atoms with Crippen LogP contribution in [0, 0.1) is 0 Å². The fourth-order valence-corrected chi connectivity index (χ4v) is 4.60. The normalized spacial score (nSPS) is 12.5. The van der Waals surface area contributed by atoms with E-state index in [0.717, 1.165) is 43.5 Å². The van der Waals surface area contributed by atoms with Gasteiger partial charge < -0.3 is 9.84 Å². The number of hydrogen-bond donors (Lipinski definition) is 1. The number of rotatable bonds is 6. The summed E-state index contributed by atoms with van der Waals surface area (Å²) in [6.45, 7) is 0.218. The molecule has 0 radical (unpaired) electrons. The standard InChI is InChI=1S/C19H17N3O3S2/c1-25-11-22-15-6-5-12(8-17(15)27-19(22)24)16(23)9-13-10-26-18(21-13)14-4-2-3-7-20-14/h2-8,10,16,23H,9,11H2,1H3. The molecule has 0 saturated carbocycles. The predicted molar refractivity (Wildman–Crippen MR) is 107 cm³/mol. The van der Waals surface area contributed by atoms with E-state index in [0.29, 0.717) is 6.42 Å². The van der Waals surface area contributed by atoms with Gasteiger partial charge in [-0.2, -0.15) is 0 Å². The van der Waals surface area contributed by atoms with E-state index in [2.05, 4.69) is 9.97 Å². The van der Waals surface area contributed by atoms with Gasteiger partial charge in [0.15, 0.2) is 0 Å². The topological polar surface area (TPSA) is 77.2 Å². The second-order valence-electron chi connectivity index (χ2n) is 6.02. The fraction of sp³-hybridized carbons (Fsp3) is 0.211. The molecule has 6 nitrogen and oxygen atoms in total. The van der Waals surface area contributed by atoms with Gasteiger partial charge in [-0.05, 0) is 29.8 Å². The zero-order valence-corrected chi connectivity index (χ0v) is 16.2. The lowest BCUT2D eigenvalue weighted by Gasteiger charge is -2.10. The molecule has 4 aromatic rings. The van der Waals surface area contributed by atoms with Crippen molar-refractivity contribution in [1.29, 1.82) is 0 Å². The van der Waals surface area contributed by atoms with Crippen LogP contribution in [0.15, 0.2) is 52.8 Å². The Kier molecular flexibility index (Phi) is 5.13. The number of aliphatic hydroxyl groups is 1. The molecule has 3 aromatic heterocycles. The number of nitrogens with zero attached hydrogens (tertiary/aromatic N) is 3. The number of ether oxygens (including phenoxy) is 1. The maximum atomic E-state index is 12.1. The van der Waals surface area contributed by atoms with Gasteiger partial charge in [0.25, 0.3) is 0 Å². The van der Waals surface area contributed by atoms with Crippen LogP contribution < -0.4 is 4.87 Å². The Bertz CT molecular complexity index is 1120. The van der Waals surface area contributed by atoms with Crippen molar-refractivity contribution >= 4 is 32.9 Å². The predicted octanol–water partition coefficient (Wildman–Crippen LogP) is 3.46. The molecule has 1 unspecified atom stereocenters. The monoisotopic (exact) mass is 399 g/mol. The van der Waals surface area contributed by atoms with Crippen LogP contribution in [0.5, 0.6) is 0 Å². The number of aromatic nitrogens is 3. The number of thiazole rings is 2. The molecule has 0 aliphatic heterocycles. The van der Waals surface area contributed by atoms with Gasteiger partial charge in [-0.3, -0.25) is 14.3 Å². The van der Waals surface area contributed by atoms with E-state index < -0.39 is 6.10 Å². The molecule has 138 valence electrons. The summed E-state index contributed by atoms with van der Waals surface area (Å²) in [6, 6.07) is 11.3. The van der Waals surface area contributed by atoms with Crippen molar-refractivity contribution < 1.29 is 9.84 Å². The lowest BCUT2D eigenvalue weighted by molar-refractivity contribution is 0.133. The molecular formula is C19H17N3O3S2. The number of methoxy groups -OCH3 is 1. The second kappa shape index (κ2) is 7.69. The molecule has 1 aromatic carbocycles. The smallest absolute Gasteiger partial charge is 0.310 e. The molecule has 8 heteroatoms. The quantitative estimate of drug-likeness (QED) is 0.537. The minimum Gasteiger partial charge on any atom is -0.388 e. The molecule has 3 heterocycles. The van der Waals surface area contributed by atoms with Crippen molar-refractivity contribution in [3.8, 4) is 10.7 Å². The van der Waals surface area contributed by atoms with Gasteiger partial charge in [0.1, 0.15) is 11.7 Å². The maximum Gasteiger partial charge on any atom is 0.310 e. The van der Waals surface area contributed by atoms with Crippen LogP contribution >= 0.6 is 22.7 Å². The zero-order chi connectivity index (χ0) is 18.8. The van der Waals surface area contributed by atoms with Crippen molar-refractivity contribution in [2.45, 2.75) is 19.3 Å². The van der Waals surface area contributed by atoms with Crippen molar-refractivity contribution in [2.24, 2.45) is 0 Å². The third-order valence-electron chi connectivity index (χ3n) is 4.17. The van der Waals surface area contributed by atoms with Crippen LogP contribution in [0.4, 0.5) is 0 Å². The Hall–Kier alpha value is -2.39. The number of pyridine rings is 1. The van der Waals surface area contributed by atoms with E-state index in [4.69, 9.17) is 4.74 Å². The van der Waals surface area contributed by atoms with Gasteiger partial charge in [0.2, 0.25) is 0 Å². The Morgan fingerprint density at radius 1 is 1.30 bits per heavy atom. The minimum atomic E-state index is -0.693. The Labute approximate surface area is 163 Å². The highest BCUT2D eigenvalue weighted by atomic mass is 32.1. The largest absolute Gasteiger partial charge is 0.388 e. The third kappa shape index (κ3) is 3.70. The average Bonchev–Trinajstić information content (AvgIpc) is 3.27. The first-order valence-electron chi connectivity index (χ1n) is 8.32. The van der Waals surface area contributed by atoms with E-state index in [9.17, 15) is 9.90 Å². The van der Waals surface area contributed by atoms with Crippen molar-refractivity contribution in [1.82, 2.24) is 14.5 Å². The summed E-state index contributed by atoms with van der Waals surface area (Å²) in [5.41, 5.74) is 3.22. The number of fused-ring (bicyclic) bond motifs is 1. The lowest BCUT2D eigenvalue weighted by Crippen LogP contribution is -2.13.